The zero-order valence-electron chi connectivity index (χ0n) is 17.3. The second kappa shape index (κ2) is 8.87. The molecule has 1 heterocycles. The highest BCUT2D eigenvalue weighted by atomic mass is 32.2. The summed E-state index contributed by atoms with van der Waals surface area (Å²) < 4.78 is 33.1. The molecule has 0 saturated carbocycles. The molecule has 0 saturated heterocycles. The maximum Gasteiger partial charge on any atom is 0.307 e. The van der Waals surface area contributed by atoms with Gasteiger partial charge in [0.15, 0.2) is 0 Å². The number of para-hydroxylation sites is 1. The molecule has 1 aliphatic rings. The van der Waals surface area contributed by atoms with Gasteiger partial charge in [0.25, 0.3) is 15.9 Å². The predicted molar refractivity (Wildman–Crippen MR) is 114 cm³/mol. The summed E-state index contributed by atoms with van der Waals surface area (Å²) in [5, 5.41) is 2.63. The summed E-state index contributed by atoms with van der Waals surface area (Å²) in [6.07, 6.45) is 0.472. The molecule has 1 unspecified atom stereocenters. The molecule has 1 atom stereocenters. The van der Waals surface area contributed by atoms with Gasteiger partial charge < -0.3 is 10.1 Å². The number of anilines is 1. The number of rotatable bonds is 7. The van der Waals surface area contributed by atoms with Gasteiger partial charge in [-0.3, -0.25) is 13.9 Å². The highest BCUT2D eigenvalue weighted by molar-refractivity contribution is 7.92. The van der Waals surface area contributed by atoms with E-state index in [9.17, 15) is 18.0 Å². The molecule has 0 radical (unpaired) electrons. The molecular formula is C22H26N2O5S. The van der Waals surface area contributed by atoms with Crippen LogP contribution >= 0.6 is 0 Å². The lowest BCUT2D eigenvalue weighted by molar-refractivity contribution is -0.147. The van der Waals surface area contributed by atoms with Crippen molar-refractivity contribution in [1.29, 1.82) is 0 Å². The number of nitrogens with one attached hydrogen (secondary N) is 1. The molecule has 30 heavy (non-hydrogen) atoms. The predicted octanol–water partition coefficient (Wildman–Crippen LogP) is 2.90. The Morgan fingerprint density at radius 3 is 2.63 bits per heavy atom. The van der Waals surface area contributed by atoms with E-state index < -0.39 is 21.9 Å². The van der Waals surface area contributed by atoms with Crippen molar-refractivity contribution >= 4 is 27.6 Å². The first kappa shape index (κ1) is 21.8. The van der Waals surface area contributed by atoms with E-state index in [4.69, 9.17) is 4.74 Å². The zero-order valence-corrected chi connectivity index (χ0v) is 18.1. The summed E-state index contributed by atoms with van der Waals surface area (Å²) in [5.74, 6) is -0.845. The Bertz CT molecular complexity index is 1050. The number of esters is 1. The number of benzene rings is 2. The Morgan fingerprint density at radius 1 is 1.17 bits per heavy atom. The standard InChI is InChI=1S/C22H26N2O5S/c1-15(2)29-21(25)11-12-23-22(26)18-8-6-9-19(14-18)30(27,28)24-16(3)13-17-7-4-5-10-20(17)24/h4-10,14-16H,11-13H2,1-3H3,(H,23,26). The molecule has 0 aliphatic carbocycles. The van der Waals surface area contributed by atoms with Gasteiger partial charge in [-0.15, -0.1) is 0 Å². The third-order valence-corrected chi connectivity index (χ3v) is 6.70. The van der Waals surface area contributed by atoms with Crippen LogP contribution in [0.25, 0.3) is 0 Å². The number of fused-ring (bicyclic) bond motifs is 1. The number of sulfonamides is 1. The Balaban J connectivity index is 1.75. The summed E-state index contributed by atoms with van der Waals surface area (Å²) in [6, 6.07) is 13.2. The van der Waals surface area contributed by atoms with Crippen molar-refractivity contribution in [3.05, 3.63) is 59.7 Å². The van der Waals surface area contributed by atoms with Gasteiger partial charge in [-0.05, 0) is 57.0 Å². The average molecular weight is 431 g/mol. The van der Waals surface area contributed by atoms with Crippen LogP contribution in [0.5, 0.6) is 0 Å². The van der Waals surface area contributed by atoms with Gasteiger partial charge in [0.2, 0.25) is 0 Å². The van der Waals surface area contributed by atoms with Crippen LogP contribution in [0.4, 0.5) is 5.69 Å². The van der Waals surface area contributed by atoms with Crippen LogP contribution in [0.1, 0.15) is 43.1 Å². The maximum absolute atomic E-state index is 13.3. The lowest BCUT2D eigenvalue weighted by Crippen LogP contribution is -2.36. The van der Waals surface area contributed by atoms with Crippen LogP contribution in [0, 0.1) is 0 Å². The molecule has 8 heteroatoms. The van der Waals surface area contributed by atoms with Crippen LogP contribution in [0.3, 0.4) is 0 Å². The Labute approximate surface area is 177 Å². The van der Waals surface area contributed by atoms with Gasteiger partial charge in [-0.1, -0.05) is 24.3 Å². The summed E-state index contributed by atoms with van der Waals surface area (Å²) in [6.45, 7) is 5.48. The van der Waals surface area contributed by atoms with Crippen molar-refractivity contribution in [2.45, 2.75) is 50.7 Å². The molecule has 3 rings (SSSR count). The lowest BCUT2D eigenvalue weighted by Gasteiger charge is -2.24. The monoisotopic (exact) mass is 430 g/mol. The number of nitrogens with zero attached hydrogens (tertiary/aromatic N) is 1. The van der Waals surface area contributed by atoms with E-state index in [1.165, 1.54) is 16.4 Å². The molecule has 160 valence electrons. The Morgan fingerprint density at radius 2 is 1.90 bits per heavy atom. The summed E-state index contributed by atoms with van der Waals surface area (Å²) in [4.78, 5) is 24.1. The zero-order chi connectivity index (χ0) is 21.9. The van der Waals surface area contributed by atoms with Crippen molar-refractivity contribution in [3.8, 4) is 0 Å². The third kappa shape index (κ3) is 4.64. The van der Waals surface area contributed by atoms with Crippen LogP contribution in [0.15, 0.2) is 53.4 Å². The number of carbonyl (C=O) groups excluding carboxylic acids is 2. The fraction of sp³-hybridized carbons (Fsp3) is 0.364. The van der Waals surface area contributed by atoms with Gasteiger partial charge in [0, 0.05) is 18.2 Å². The lowest BCUT2D eigenvalue weighted by atomic mass is 10.1. The Hall–Kier alpha value is -2.87. The van der Waals surface area contributed by atoms with Crippen LogP contribution < -0.4 is 9.62 Å². The van der Waals surface area contributed by atoms with Crippen molar-refractivity contribution in [2.24, 2.45) is 0 Å². The molecule has 0 fully saturated rings. The van der Waals surface area contributed by atoms with E-state index in [0.29, 0.717) is 12.1 Å². The van der Waals surface area contributed by atoms with Gasteiger partial charge in [-0.2, -0.15) is 0 Å². The molecular weight excluding hydrogens is 404 g/mol. The SMILES string of the molecule is CC(C)OC(=O)CCNC(=O)c1cccc(S(=O)(=O)N2c3ccccc3CC2C)c1. The molecule has 0 bridgehead atoms. The summed E-state index contributed by atoms with van der Waals surface area (Å²) in [7, 11) is -3.83. The molecule has 1 amide bonds. The minimum Gasteiger partial charge on any atom is -0.463 e. The third-order valence-electron chi connectivity index (χ3n) is 4.78. The van der Waals surface area contributed by atoms with Crippen molar-refractivity contribution in [2.75, 3.05) is 10.8 Å². The Kier molecular flexibility index (Phi) is 6.45. The summed E-state index contributed by atoms with van der Waals surface area (Å²) >= 11 is 0. The van der Waals surface area contributed by atoms with Gasteiger partial charge >= 0.3 is 5.97 Å². The smallest absolute Gasteiger partial charge is 0.307 e. The van der Waals surface area contributed by atoms with E-state index in [-0.39, 0.29) is 35.6 Å². The fourth-order valence-corrected chi connectivity index (χ4v) is 5.26. The minimum atomic E-state index is -3.83. The largest absolute Gasteiger partial charge is 0.463 e. The van der Waals surface area contributed by atoms with E-state index in [2.05, 4.69) is 5.32 Å². The molecule has 7 nitrogen and oxygen atoms in total. The van der Waals surface area contributed by atoms with Crippen molar-refractivity contribution < 1.29 is 22.7 Å². The fourth-order valence-electron chi connectivity index (χ4n) is 3.52. The van der Waals surface area contributed by atoms with Gasteiger partial charge in [-0.25, -0.2) is 8.42 Å². The minimum absolute atomic E-state index is 0.0456. The number of hydrogen-bond acceptors (Lipinski definition) is 5. The van der Waals surface area contributed by atoms with Gasteiger partial charge in [0.1, 0.15) is 0 Å². The first-order chi connectivity index (χ1) is 14.2. The normalized spacial score (nSPS) is 15.7. The van der Waals surface area contributed by atoms with Crippen LogP contribution in [0.2, 0.25) is 0 Å². The number of hydrogen-bond donors (Lipinski definition) is 1. The van der Waals surface area contributed by atoms with E-state index in [1.807, 2.05) is 25.1 Å². The van der Waals surface area contributed by atoms with E-state index in [1.54, 1.807) is 32.0 Å². The molecule has 2 aromatic rings. The van der Waals surface area contributed by atoms with Crippen LogP contribution in [-0.2, 0) is 26.0 Å². The second-order valence-corrected chi connectivity index (χ2v) is 9.37. The number of carbonyl (C=O) groups is 2. The molecule has 1 aliphatic heterocycles. The van der Waals surface area contributed by atoms with Crippen molar-refractivity contribution in [3.63, 3.8) is 0 Å². The maximum atomic E-state index is 13.3. The van der Waals surface area contributed by atoms with Crippen LogP contribution in [-0.4, -0.2) is 39.0 Å². The first-order valence-corrected chi connectivity index (χ1v) is 11.3. The molecule has 0 aromatic heterocycles. The highest BCUT2D eigenvalue weighted by Crippen LogP contribution is 2.36. The number of amides is 1. The van der Waals surface area contributed by atoms with E-state index in [0.717, 1.165) is 5.56 Å². The topological polar surface area (TPSA) is 92.8 Å². The second-order valence-electron chi connectivity index (χ2n) is 7.56. The molecule has 0 spiro atoms. The van der Waals surface area contributed by atoms with Crippen molar-refractivity contribution in [1.82, 2.24) is 5.32 Å². The quantitative estimate of drug-likeness (QED) is 0.682. The molecule has 1 N–H and O–H groups in total. The average Bonchev–Trinajstić information content (AvgIpc) is 3.03. The molecule has 2 aromatic carbocycles. The van der Waals surface area contributed by atoms with Gasteiger partial charge in [0.05, 0.1) is 23.1 Å². The highest BCUT2D eigenvalue weighted by Gasteiger charge is 2.36. The first-order valence-electron chi connectivity index (χ1n) is 9.90. The summed E-state index contributed by atoms with van der Waals surface area (Å²) in [5.41, 5.74) is 1.87. The van der Waals surface area contributed by atoms with E-state index >= 15 is 0 Å². The number of ether oxygens (including phenoxy) is 1.